The molecule has 0 saturated heterocycles. The summed E-state index contributed by atoms with van der Waals surface area (Å²) in [5, 5.41) is 0. The summed E-state index contributed by atoms with van der Waals surface area (Å²) in [6.07, 6.45) is 1.28. The first-order chi connectivity index (χ1) is 8.95. The van der Waals surface area contributed by atoms with Gasteiger partial charge in [0.05, 0.1) is 11.1 Å². The highest BCUT2D eigenvalue weighted by molar-refractivity contribution is 9.10. The van der Waals surface area contributed by atoms with Crippen molar-refractivity contribution in [2.24, 2.45) is 11.3 Å². The maximum Gasteiger partial charge on any atom is 0.133 e. The largest absolute Gasteiger partial charge is 0.490 e. The molecule has 2 unspecified atom stereocenters. The standard InChI is InChI=1S/C15H20Br2O2/c1-15(2)9-11(15)14(17)10-4-5-13(12(16)8-10)19-7-6-18-3/h4-5,8,11,14H,6-7,9H2,1-3H3. The Morgan fingerprint density at radius 1 is 1.37 bits per heavy atom. The van der Waals surface area contributed by atoms with Crippen LogP contribution in [-0.2, 0) is 4.74 Å². The number of hydrogen-bond donors (Lipinski definition) is 0. The van der Waals surface area contributed by atoms with Crippen LogP contribution in [0.1, 0.15) is 30.7 Å². The van der Waals surface area contributed by atoms with E-state index in [-0.39, 0.29) is 0 Å². The number of hydrogen-bond acceptors (Lipinski definition) is 2. The lowest BCUT2D eigenvalue weighted by Gasteiger charge is -2.14. The van der Waals surface area contributed by atoms with Crippen LogP contribution in [0.25, 0.3) is 0 Å². The molecule has 2 atom stereocenters. The van der Waals surface area contributed by atoms with Crippen LogP contribution >= 0.6 is 31.9 Å². The van der Waals surface area contributed by atoms with E-state index in [4.69, 9.17) is 9.47 Å². The minimum atomic E-state index is 0.423. The van der Waals surface area contributed by atoms with Gasteiger partial charge in [0.2, 0.25) is 0 Å². The molecule has 0 heterocycles. The van der Waals surface area contributed by atoms with E-state index in [1.165, 1.54) is 12.0 Å². The normalized spacial score (nSPS) is 22.1. The van der Waals surface area contributed by atoms with Crippen molar-refractivity contribution >= 4 is 31.9 Å². The van der Waals surface area contributed by atoms with E-state index in [0.29, 0.717) is 23.5 Å². The van der Waals surface area contributed by atoms with Crippen molar-refractivity contribution < 1.29 is 9.47 Å². The van der Waals surface area contributed by atoms with Crippen LogP contribution in [0, 0.1) is 11.3 Å². The zero-order valence-corrected chi connectivity index (χ0v) is 14.8. The van der Waals surface area contributed by atoms with Crippen molar-refractivity contribution in [3.05, 3.63) is 28.2 Å². The summed E-state index contributed by atoms with van der Waals surface area (Å²) in [5.41, 5.74) is 1.77. The molecule has 1 fully saturated rings. The second kappa shape index (κ2) is 6.15. The zero-order valence-electron chi connectivity index (χ0n) is 11.6. The smallest absolute Gasteiger partial charge is 0.133 e. The molecule has 0 amide bonds. The highest BCUT2D eigenvalue weighted by atomic mass is 79.9. The minimum absolute atomic E-state index is 0.423. The van der Waals surface area contributed by atoms with E-state index >= 15 is 0 Å². The summed E-state index contributed by atoms with van der Waals surface area (Å²) in [6, 6.07) is 6.31. The van der Waals surface area contributed by atoms with E-state index in [9.17, 15) is 0 Å². The predicted octanol–water partition coefficient (Wildman–Crippen LogP) is 4.96. The van der Waals surface area contributed by atoms with Gasteiger partial charge in [0.25, 0.3) is 0 Å². The summed E-state index contributed by atoms with van der Waals surface area (Å²) in [4.78, 5) is 0.423. The summed E-state index contributed by atoms with van der Waals surface area (Å²) < 4.78 is 11.6. The van der Waals surface area contributed by atoms with Gasteiger partial charge in [-0.1, -0.05) is 35.8 Å². The Kier molecular flexibility index (Phi) is 4.96. The maximum atomic E-state index is 5.64. The number of benzene rings is 1. The first-order valence-corrected chi connectivity index (χ1v) is 8.22. The van der Waals surface area contributed by atoms with Gasteiger partial charge in [-0.25, -0.2) is 0 Å². The minimum Gasteiger partial charge on any atom is -0.490 e. The van der Waals surface area contributed by atoms with Gasteiger partial charge in [0, 0.05) is 11.9 Å². The Morgan fingerprint density at radius 3 is 2.58 bits per heavy atom. The fraction of sp³-hybridized carbons (Fsp3) is 0.600. The van der Waals surface area contributed by atoms with Gasteiger partial charge in [-0.2, -0.15) is 0 Å². The molecule has 1 aromatic rings. The SMILES string of the molecule is COCCOc1ccc(C(Br)C2CC2(C)C)cc1Br. The number of halogens is 2. The quantitative estimate of drug-likeness (QED) is 0.504. The molecule has 1 aliphatic carbocycles. The van der Waals surface area contributed by atoms with Crippen molar-refractivity contribution in [1.29, 1.82) is 0 Å². The number of methoxy groups -OCH3 is 1. The molecule has 0 aromatic heterocycles. The van der Waals surface area contributed by atoms with Crippen molar-refractivity contribution in [3.63, 3.8) is 0 Å². The van der Waals surface area contributed by atoms with Gasteiger partial charge in [0.15, 0.2) is 0 Å². The van der Waals surface area contributed by atoms with Crippen molar-refractivity contribution in [2.75, 3.05) is 20.3 Å². The van der Waals surface area contributed by atoms with Gasteiger partial charge in [-0.15, -0.1) is 0 Å². The number of rotatable bonds is 6. The molecule has 0 aliphatic heterocycles. The Morgan fingerprint density at radius 2 is 2.05 bits per heavy atom. The molecule has 4 heteroatoms. The third-order valence-corrected chi connectivity index (χ3v) is 5.55. The molecule has 0 N–H and O–H groups in total. The fourth-order valence-electron chi connectivity index (χ4n) is 2.28. The van der Waals surface area contributed by atoms with Crippen LogP contribution in [0.4, 0.5) is 0 Å². The molecular weight excluding hydrogens is 372 g/mol. The van der Waals surface area contributed by atoms with Crippen molar-refractivity contribution in [3.8, 4) is 5.75 Å². The third-order valence-electron chi connectivity index (χ3n) is 3.76. The van der Waals surface area contributed by atoms with Crippen LogP contribution in [-0.4, -0.2) is 20.3 Å². The monoisotopic (exact) mass is 390 g/mol. The predicted molar refractivity (Wildman–Crippen MR) is 85.1 cm³/mol. The zero-order chi connectivity index (χ0) is 14.0. The lowest BCUT2D eigenvalue weighted by Crippen LogP contribution is -2.05. The average Bonchev–Trinajstić information content (AvgIpc) is 3.00. The Hall–Kier alpha value is -0.0600. The van der Waals surface area contributed by atoms with E-state index in [1.807, 2.05) is 6.07 Å². The van der Waals surface area contributed by atoms with Gasteiger partial charge >= 0.3 is 0 Å². The highest BCUT2D eigenvalue weighted by Crippen LogP contribution is 2.60. The Balaban J connectivity index is 2.02. The number of ether oxygens (including phenoxy) is 2. The third kappa shape index (κ3) is 3.73. The van der Waals surface area contributed by atoms with E-state index < -0.39 is 0 Å². The molecule has 2 rings (SSSR count). The molecule has 0 radical (unpaired) electrons. The van der Waals surface area contributed by atoms with Gasteiger partial charge < -0.3 is 9.47 Å². The molecule has 1 aromatic carbocycles. The summed E-state index contributed by atoms with van der Waals surface area (Å²) in [6.45, 7) is 5.82. The van der Waals surface area contributed by atoms with Crippen molar-refractivity contribution in [1.82, 2.24) is 0 Å². The topological polar surface area (TPSA) is 18.5 Å². The van der Waals surface area contributed by atoms with Crippen LogP contribution in [0.5, 0.6) is 5.75 Å². The van der Waals surface area contributed by atoms with E-state index in [2.05, 4.69) is 57.8 Å². The molecule has 1 saturated carbocycles. The molecule has 1 aliphatic rings. The summed E-state index contributed by atoms with van der Waals surface area (Å²) in [7, 11) is 1.67. The molecule has 0 bridgehead atoms. The van der Waals surface area contributed by atoms with Gasteiger partial charge in [-0.3, -0.25) is 0 Å². The first-order valence-electron chi connectivity index (χ1n) is 6.51. The maximum absolute atomic E-state index is 5.64. The molecule has 19 heavy (non-hydrogen) atoms. The average molecular weight is 392 g/mol. The summed E-state index contributed by atoms with van der Waals surface area (Å²) >= 11 is 7.41. The van der Waals surface area contributed by atoms with E-state index in [0.717, 1.165) is 16.1 Å². The lowest BCUT2D eigenvalue weighted by atomic mass is 10.0. The van der Waals surface area contributed by atoms with Crippen molar-refractivity contribution in [2.45, 2.75) is 25.1 Å². The second-order valence-electron chi connectivity index (χ2n) is 5.73. The molecule has 2 nitrogen and oxygen atoms in total. The van der Waals surface area contributed by atoms with Crippen LogP contribution < -0.4 is 4.74 Å². The van der Waals surface area contributed by atoms with Gasteiger partial charge in [0.1, 0.15) is 12.4 Å². The number of alkyl halides is 1. The van der Waals surface area contributed by atoms with Crippen LogP contribution in [0.15, 0.2) is 22.7 Å². The van der Waals surface area contributed by atoms with Crippen LogP contribution in [0.3, 0.4) is 0 Å². The highest BCUT2D eigenvalue weighted by Gasteiger charge is 2.49. The molecule has 106 valence electrons. The van der Waals surface area contributed by atoms with Crippen LogP contribution in [0.2, 0.25) is 0 Å². The lowest BCUT2D eigenvalue weighted by molar-refractivity contribution is 0.146. The second-order valence-corrected chi connectivity index (χ2v) is 7.57. The Labute approximate surface area is 132 Å². The summed E-state index contributed by atoms with van der Waals surface area (Å²) in [5.74, 6) is 1.59. The molecule has 0 spiro atoms. The van der Waals surface area contributed by atoms with Gasteiger partial charge in [-0.05, 0) is 51.4 Å². The Bertz CT molecular complexity index is 446. The first kappa shape index (κ1) is 15.3. The van der Waals surface area contributed by atoms with E-state index in [1.54, 1.807) is 7.11 Å². The molecular formula is C15H20Br2O2. The fourth-order valence-corrected chi connectivity index (χ4v) is 3.98.